The molecule has 0 aromatic heterocycles. The Morgan fingerprint density at radius 3 is 2.00 bits per heavy atom. The Labute approximate surface area is 190 Å². The van der Waals surface area contributed by atoms with E-state index in [9.17, 15) is 4.79 Å². The Hall–Kier alpha value is -2.13. The fourth-order valence-corrected chi connectivity index (χ4v) is 3.76. The van der Waals surface area contributed by atoms with E-state index >= 15 is 0 Å². The Morgan fingerprint density at radius 2 is 1.39 bits per heavy atom. The summed E-state index contributed by atoms with van der Waals surface area (Å²) in [6.07, 6.45) is 13.1. The van der Waals surface area contributed by atoms with Crippen molar-refractivity contribution in [2.45, 2.75) is 90.6 Å². The van der Waals surface area contributed by atoms with Crippen molar-refractivity contribution in [3.63, 3.8) is 0 Å². The van der Waals surface area contributed by atoms with Gasteiger partial charge in [-0.2, -0.15) is 0 Å². The summed E-state index contributed by atoms with van der Waals surface area (Å²) in [6, 6.07) is 18.3. The van der Waals surface area contributed by atoms with Gasteiger partial charge in [-0.05, 0) is 36.6 Å². The van der Waals surface area contributed by atoms with Crippen LogP contribution in [0.25, 0.3) is 0 Å². The molecule has 3 heteroatoms. The monoisotopic (exact) mass is 421 g/mol. The SMILES string of the molecule is CCCCCCCCCCCCNC(=O)c1ccc(C[N][C@@H](C)c2ccccc2)cc1. The zero-order chi connectivity index (χ0) is 22.2. The van der Waals surface area contributed by atoms with Crippen molar-refractivity contribution in [1.82, 2.24) is 10.6 Å². The number of carbonyl (C=O) groups excluding carboxylic acids is 1. The number of carbonyl (C=O) groups is 1. The van der Waals surface area contributed by atoms with Crippen LogP contribution in [0.3, 0.4) is 0 Å². The molecule has 1 N–H and O–H groups in total. The second kappa shape index (κ2) is 15.6. The average molecular weight is 422 g/mol. The minimum absolute atomic E-state index is 0.0251. The number of hydrogen-bond donors (Lipinski definition) is 1. The van der Waals surface area contributed by atoms with Crippen LogP contribution >= 0.6 is 0 Å². The summed E-state index contributed by atoms with van der Waals surface area (Å²) >= 11 is 0. The molecule has 0 spiro atoms. The van der Waals surface area contributed by atoms with Gasteiger partial charge < -0.3 is 5.32 Å². The van der Waals surface area contributed by atoms with E-state index in [2.05, 4.69) is 31.3 Å². The minimum Gasteiger partial charge on any atom is -0.352 e. The molecular formula is C28H41N2O. The highest BCUT2D eigenvalue weighted by atomic mass is 16.1. The maximum absolute atomic E-state index is 12.3. The summed E-state index contributed by atoms with van der Waals surface area (Å²) in [5.41, 5.74) is 3.09. The van der Waals surface area contributed by atoms with Crippen molar-refractivity contribution in [1.29, 1.82) is 0 Å². The van der Waals surface area contributed by atoms with E-state index in [4.69, 9.17) is 5.32 Å². The topological polar surface area (TPSA) is 43.2 Å². The van der Waals surface area contributed by atoms with Gasteiger partial charge in [-0.15, -0.1) is 0 Å². The van der Waals surface area contributed by atoms with Gasteiger partial charge in [0.2, 0.25) is 0 Å². The van der Waals surface area contributed by atoms with E-state index < -0.39 is 0 Å². The van der Waals surface area contributed by atoms with Gasteiger partial charge in [0.05, 0.1) is 0 Å². The summed E-state index contributed by atoms with van der Waals surface area (Å²) in [5.74, 6) is 0.0251. The zero-order valence-electron chi connectivity index (χ0n) is 19.6. The maximum Gasteiger partial charge on any atom is 0.251 e. The molecule has 0 unspecified atom stereocenters. The third-order valence-corrected chi connectivity index (χ3v) is 5.86. The average Bonchev–Trinajstić information content (AvgIpc) is 2.81. The largest absolute Gasteiger partial charge is 0.352 e. The molecule has 0 aliphatic heterocycles. The highest BCUT2D eigenvalue weighted by Gasteiger charge is 2.07. The van der Waals surface area contributed by atoms with Gasteiger partial charge in [-0.25, -0.2) is 5.32 Å². The Morgan fingerprint density at radius 1 is 0.806 bits per heavy atom. The van der Waals surface area contributed by atoms with E-state index in [1.54, 1.807) is 0 Å². The number of nitrogens with one attached hydrogen (secondary N) is 1. The number of amides is 1. The van der Waals surface area contributed by atoms with Gasteiger partial charge in [0.25, 0.3) is 5.91 Å². The first-order valence-corrected chi connectivity index (χ1v) is 12.3. The van der Waals surface area contributed by atoms with Crippen molar-refractivity contribution in [2.24, 2.45) is 0 Å². The molecular weight excluding hydrogens is 380 g/mol. The summed E-state index contributed by atoms with van der Waals surface area (Å²) in [5, 5.41) is 7.80. The highest BCUT2D eigenvalue weighted by molar-refractivity contribution is 5.94. The highest BCUT2D eigenvalue weighted by Crippen LogP contribution is 2.14. The lowest BCUT2D eigenvalue weighted by Crippen LogP contribution is -2.24. The van der Waals surface area contributed by atoms with Crippen LogP contribution in [0.15, 0.2) is 54.6 Å². The Kier molecular flexibility index (Phi) is 12.7. The van der Waals surface area contributed by atoms with Crippen LogP contribution in [0.2, 0.25) is 0 Å². The summed E-state index contributed by atoms with van der Waals surface area (Å²) in [4.78, 5) is 12.3. The molecule has 0 aliphatic carbocycles. The number of unbranched alkanes of at least 4 members (excludes halogenated alkanes) is 9. The smallest absolute Gasteiger partial charge is 0.251 e. The lowest BCUT2D eigenvalue weighted by atomic mass is 10.1. The molecule has 2 aromatic rings. The molecule has 1 radical (unpaired) electrons. The van der Waals surface area contributed by atoms with E-state index in [0.717, 1.165) is 24.1 Å². The van der Waals surface area contributed by atoms with Gasteiger partial charge in [0.1, 0.15) is 0 Å². The Balaban J connectivity index is 1.55. The van der Waals surface area contributed by atoms with Gasteiger partial charge in [-0.1, -0.05) is 107 Å². The van der Waals surface area contributed by atoms with Crippen molar-refractivity contribution in [2.75, 3.05) is 6.54 Å². The van der Waals surface area contributed by atoms with Crippen LogP contribution in [0, 0.1) is 0 Å². The number of hydrogen-bond acceptors (Lipinski definition) is 1. The fourth-order valence-electron chi connectivity index (χ4n) is 3.76. The molecule has 31 heavy (non-hydrogen) atoms. The van der Waals surface area contributed by atoms with Gasteiger partial charge in [0.15, 0.2) is 0 Å². The van der Waals surface area contributed by atoms with Crippen molar-refractivity contribution >= 4 is 5.91 Å². The van der Waals surface area contributed by atoms with Gasteiger partial charge >= 0.3 is 0 Å². The molecule has 1 amide bonds. The molecule has 0 saturated carbocycles. The third kappa shape index (κ3) is 10.6. The van der Waals surface area contributed by atoms with Gasteiger partial charge in [-0.3, -0.25) is 4.79 Å². The van der Waals surface area contributed by atoms with E-state index in [-0.39, 0.29) is 11.9 Å². The summed E-state index contributed by atoms with van der Waals surface area (Å²) in [6.45, 7) is 5.81. The van der Waals surface area contributed by atoms with Crippen LogP contribution in [-0.4, -0.2) is 12.5 Å². The van der Waals surface area contributed by atoms with Crippen LogP contribution in [0.4, 0.5) is 0 Å². The molecule has 0 heterocycles. The molecule has 2 rings (SSSR count). The van der Waals surface area contributed by atoms with Crippen molar-refractivity contribution in [3.05, 3.63) is 71.3 Å². The molecule has 2 aromatic carbocycles. The summed E-state index contributed by atoms with van der Waals surface area (Å²) in [7, 11) is 0. The second-order valence-electron chi connectivity index (χ2n) is 8.56. The molecule has 3 nitrogen and oxygen atoms in total. The van der Waals surface area contributed by atoms with Crippen molar-refractivity contribution < 1.29 is 4.79 Å². The lowest BCUT2D eigenvalue weighted by molar-refractivity contribution is 0.0953. The van der Waals surface area contributed by atoms with Crippen LogP contribution < -0.4 is 10.6 Å². The van der Waals surface area contributed by atoms with E-state index in [0.29, 0.717) is 6.54 Å². The molecule has 1 atom stereocenters. The van der Waals surface area contributed by atoms with Crippen LogP contribution in [0.1, 0.15) is 106 Å². The first kappa shape index (κ1) is 25.1. The zero-order valence-corrected chi connectivity index (χ0v) is 19.6. The standard InChI is InChI=1S/C28H41N2O/c1-3-4-5-6-7-8-9-10-11-15-22-29-28(31)27-20-18-25(19-21-27)23-30-24(2)26-16-13-12-14-17-26/h12-14,16-21,24H,3-11,15,22-23H2,1-2H3,(H,29,31)/t24-/m0/s1. The molecule has 0 bridgehead atoms. The third-order valence-electron chi connectivity index (χ3n) is 5.86. The lowest BCUT2D eigenvalue weighted by Gasteiger charge is -2.12. The first-order chi connectivity index (χ1) is 15.2. The van der Waals surface area contributed by atoms with E-state index in [1.165, 1.54) is 63.4 Å². The second-order valence-corrected chi connectivity index (χ2v) is 8.56. The minimum atomic E-state index is 0.0251. The first-order valence-electron chi connectivity index (χ1n) is 12.3. The predicted octanol–water partition coefficient (Wildman–Crippen LogP) is 7.20. The number of benzene rings is 2. The predicted molar refractivity (Wildman–Crippen MR) is 131 cm³/mol. The molecule has 0 saturated heterocycles. The van der Waals surface area contributed by atoms with E-state index in [1.807, 2.05) is 42.5 Å². The molecule has 0 aliphatic rings. The number of nitrogens with zero attached hydrogens (tertiary/aromatic N) is 1. The van der Waals surface area contributed by atoms with Crippen LogP contribution in [-0.2, 0) is 6.54 Å². The normalized spacial score (nSPS) is 11.9. The Bertz CT molecular complexity index is 712. The van der Waals surface area contributed by atoms with Crippen LogP contribution in [0.5, 0.6) is 0 Å². The quantitative estimate of drug-likeness (QED) is 0.286. The number of rotatable bonds is 16. The maximum atomic E-state index is 12.3. The summed E-state index contributed by atoms with van der Waals surface area (Å²) < 4.78 is 0. The molecule has 0 fully saturated rings. The molecule has 169 valence electrons. The van der Waals surface area contributed by atoms with Gasteiger partial charge in [0, 0.05) is 24.7 Å². The van der Waals surface area contributed by atoms with Crippen molar-refractivity contribution in [3.8, 4) is 0 Å². The fraction of sp³-hybridized carbons (Fsp3) is 0.536.